The van der Waals surface area contributed by atoms with Crippen LogP contribution < -0.4 is 5.32 Å². The predicted molar refractivity (Wildman–Crippen MR) is 105 cm³/mol. The van der Waals surface area contributed by atoms with E-state index in [2.05, 4.69) is 20.4 Å². The summed E-state index contributed by atoms with van der Waals surface area (Å²) in [7, 11) is 0. The van der Waals surface area contributed by atoms with Gasteiger partial charge in [0.05, 0.1) is 23.4 Å². The Hall–Kier alpha value is -3.39. The van der Waals surface area contributed by atoms with Crippen LogP contribution in [0, 0.1) is 5.82 Å². The summed E-state index contributed by atoms with van der Waals surface area (Å²) in [5.74, 6) is -0.504. The fourth-order valence-electron chi connectivity index (χ4n) is 2.79. The molecule has 0 spiro atoms. The van der Waals surface area contributed by atoms with Gasteiger partial charge in [0, 0.05) is 35.4 Å². The summed E-state index contributed by atoms with van der Waals surface area (Å²) in [5.41, 5.74) is 5.36. The van der Waals surface area contributed by atoms with Gasteiger partial charge in [-0.3, -0.25) is 14.5 Å². The van der Waals surface area contributed by atoms with Crippen LogP contribution >= 0.6 is 11.3 Å². The van der Waals surface area contributed by atoms with E-state index in [1.165, 1.54) is 23.5 Å². The highest BCUT2D eigenvalue weighted by molar-refractivity contribution is 7.07. The number of rotatable bonds is 6. The highest BCUT2D eigenvalue weighted by Crippen LogP contribution is 2.26. The van der Waals surface area contributed by atoms with E-state index in [-0.39, 0.29) is 11.7 Å². The maximum atomic E-state index is 13.2. The lowest BCUT2D eigenvalue weighted by molar-refractivity contribution is 0.0947. The largest absolute Gasteiger partial charge is 0.349 e. The molecule has 1 N–H and O–H groups in total. The first kappa shape index (κ1) is 18.0. The van der Waals surface area contributed by atoms with Crippen molar-refractivity contribution < 1.29 is 9.18 Å². The predicted octanol–water partition coefficient (Wildman–Crippen LogP) is 3.64. The Morgan fingerprint density at radius 1 is 1.18 bits per heavy atom. The molecule has 0 aliphatic carbocycles. The normalized spacial score (nSPS) is 10.8. The quantitative estimate of drug-likeness (QED) is 0.543. The molecule has 0 bridgehead atoms. The van der Waals surface area contributed by atoms with Gasteiger partial charge in [0.2, 0.25) is 0 Å². The van der Waals surface area contributed by atoms with Crippen molar-refractivity contribution in [3.05, 3.63) is 77.3 Å². The Morgan fingerprint density at radius 3 is 2.75 bits per heavy atom. The van der Waals surface area contributed by atoms with Crippen molar-refractivity contribution in [2.24, 2.45) is 0 Å². The number of nitrogens with zero attached hydrogens (tertiary/aromatic N) is 4. The second-order valence-corrected chi connectivity index (χ2v) is 6.73. The number of aromatic nitrogens is 4. The average Bonchev–Trinajstić information content (AvgIpc) is 3.40. The van der Waals surface area contributed by atoms with Crippen LogP contribution in [0.3, 0.4) is 0 Å². The third-order valence-electron chi connectivity index (χ3n) is 4.15. The molecule has 1 aromatic carbocycles. The third-order valence-corrected chi connectivity index (χ3v) is 4.74. The SMILES string of the molecule is O=C(NCCn1nc(-c2ccc(F)cc2)cc1-c1cccnc1)c1cscn1. The number of hydrogen-bond acceptors (Lipinski definition) is 5. The standard InChI is InChI=1S/C20H16FN5OS/c21-16-5-3-14(4-6-16)17-10-19(15-2-1-7-22-11-15)26(25-17)9-8-23-20(27)18-12-28-13-24-18/h1-7,10-13H,8-9H2,(H,23,27). The molecule has 3 heterocycles. The molecule has 4 rings (SSSR count). The van der Waals surface area contributed by atoms with E-state index in [1.807, 2.05) is 22.9 Å². The van der Waals surface area contributed by atoms with Crippen molar-refractivity contribution in [2.45, 2.75) is 6.54 Å². The van der Waals surface area contributed by atoms with Crippen molar-refractivity contribution in [2.75, 3.05) is 6.54 Å². The second kappa shape index (κ2) is 8.10. The second-order valence-electron chi connectivity index (χ2n) is 6.02. The molecule has 6 nitrogen and oxygen atoms in total. The molecule has 3 aromatic heterocycles. The highest BCUT2D eigenvalue weighted by Gasteiger charge is 2.13. The minimum Gasteiger partial charge on any atom is -0.349 e. The molecular formula is C20H16FN5OS. The van der Waals surface area contributed by atoms with Crippen LogP contribution in [0.4, 0.5) is 4.39 Å². The van der Waals surface area contributed by atoms with E-state index in [4.69, 9.17) is 0 Å². The number of benzene rings is 1. The molecule has 4 aromatic rings. The Labute approximate surface area is 164 Å². The number of thiazole rings is 1. The van der Waals surface area contributed by atoms with E-state index in [0.717, 1.165) is 22.5 Å². The molecule has 8 heteroatoms. The molecule has 0 atom stereocenters. The first-order valence-electron chi connectivity index (χ1n) is 8.61. The maximum Gasteiger partial charge on any atom is 0.270 e. The van der Waals surface area contributed by atoms with Crippen LogP contribution in [0.5, 0.6) is 0 Å². The number of carbonyl (C=O) groups excluding carboxylic acids is 1. The Kier molecular flexibility index (Phi) is 5.20. The van der Waals surface area contributed by atoms with Crippen LogP contribution in [0.25, 0.3) is 22.5 Å². The molecular weight excluding hydrogens is 377 g/mol. The number of carbonyl (C=O) groups is 1. The fraction of sp³-hybridized carbons (Fsp3) is 0.100. The zero-order valence-corrected chi connectivity index (χ0v) is 15.6. The van der Waals surface area contributed by atoms with Crippen LogP contribution in [-0.4, -0.2) is 32.2 Å². The van der Waals surface area contributed by atoms with Crippen LogP contribution in [0.15, 0.2) is 65.7 Å². The Bertz CT molecular complexity index is 1060. The molecule has 0 fully saturated rings. The smallest absolute Gasteiger partial charge is 0.270 e. The van der Waals surface area contributed by atoms with Crippen molar-refractivity contribution in [3.63, 3.8) is 0 Å². The molecule has 0 radical (unpaired) electrons. The summed E-state index contributed by atoms with van der Waals surface area (Å²) in [6, 6.07) is 11.9. The lowest BCUT2D eigenvalue weighted by Crippen LogP contribution is -2.27. The van der Waals surface area contributed by atoms with Gasteiger partial charge in [-0.2, -0.15) is 5.10 Å². The van der Waals surface area contributed by atoms with Crippen LogP contribution in [0.1, 0.15) is 10.5 Å². The first-order chi connectivity index (χ1) is 13.7. The molecule has 0 aliphatic rings. The van der Waals surface area contributed by atoms with Gasteiger partial charge in [0.25, 0.3) is 5.91 Å². The lowest BCUT2D eigenvalue weighted by atomic mass is 10.1. The van der Waals surface area contributed by atoms with Gasteiger partial charge in [-0.25, -0.2) is 9.37 Å². The molecule has 0 aliphatic heterocycles. The summed E-state index contributed by atoms with van der Waals surface area (Å²) in [6.45, 7) is 0.870. The number of nitrogens with one attached hydrogen (secondary N) is 1. The molecule has 0 unspecified atom stereocenters. The fourth-order valence-corrected chi connectivity index (χ4v) is 3.32. The van der Waals surface area contributed by atoms with E-state index in [0.29, 0.717) is 18.8 Å². The zero-order valence-electron chi connectivity index (χ0n) is 14.7. The number of halogens is 1. The van der Waals surface area contributed by atoms with Crippen LogP contribution in [-0.2, 0) is 6.54 Å². The first-order valence-corrected chi connectivity index (χ1v) is 9.55. The van der Waals surface area contributed by atoms with Gasteiger partial charge in [0.1, 0.15) is 11.5 Å². The molecule has 28 heavy (non-hydrogen) atoms. The van der Waals surface area contributed by atoms with Gasteiger partial charge < -0.3 is 5.32 Å². The summed E-state index contributed by atoms with van der Waals surface area (Å²) < 4.78 is 15.0. The minimum atomic E-state index is -0.291. The van der Waals surface area contributed by atoms with Crippen molar-refractivity contribution in [3.8, 4) is 22.5 Å². The molecule has 1 amide bonds. The zero-order chi connectivity index (χ0) is 19.3. The maximum absolute atomic E-state index is 13.2. The van der Waals surface area contributed by atoms with Gasteiger partial charge in [-0.15, -0.1) is 11.3 Å². The average molecular weight is 393 g/mol. The molecule has 0 saturated heterocycles. The van der Waals surface area contributed by atoms with Crippen molar-refractivity contribution in [1.29, 1.82) is 0 Å². The highest BCUT2D eigenvalue weighted by atomic mass is 32.1. The lowest BCUT2D eigenvalue weighted by Gasteiger charge is -2.08. The Morgan fingerprint density at radius 2 is 2.04 bits per heavy atom. The van der Waals surface area contributed by atoms with Gasteiger partial charge >= 0.3 is 0 Å². The van der Waals surface area contributed by atoms with E-state index in [1.54, 1.807) is 35.4 Å². The Balaban J connectivity index is 1.57. The number of hydrogen-bond donors (Lipinski definition) is 1. The minimum absolute atomic E-state index is 0.213. The third kappa shape index (κ3) is 3.96. The number of pyridine rings is 1. The van der Waals surface area contributed by atoms with Gasteiger partial charge in [0.15, 0.2) is 0 Å². The topological polar surface area (TPSA) is 72.7 Å². The van der Waals surface area contributed by atoms with Crippen LogP contribution in [0.2, 0.25) is 0 Å². The summed E-state index contributed by atoms with van der Waals surface area (Å²) in [6.07, 6.45) is 3.47. The monoisotopic (exact) mass is 393 g/mol. The van der Waals surface area contributed by atoms with Gasteiger partial charge in [-0.05, 0) is 42.5 Å². The summed E-state index contributed by atoms with van der Waals surface area (Å²) >= 11 is 1.38. The number of amides is 1. The van der Waals surface area contributed by atoms with E-state index < -0.39 is 0 Å². The van der Waals surface area contributed by atoms with Crippen molar-refractivity contribution >= 4 is 17.2 Å². The van der Waals surface area contributed by atoms with Crippen molar-refractivity contribution in [1.82, 2.24) is 25.1 Å². The van der Waals surface area contributed by atoms with Gasteiger partial charge in [-0.1, -0.05) is 0 Å². The summed E-state index contributed by atoms with van der Waals surface area (Å²) in [5, 5.41) is 9.20. The summed E-state index contributed by atoms with van der Waals surface area (Å²) in [4.78, 5) is 20.2. The molecule has 140 valence electrons. The van der Waals surface area contributed by atoms with E-state index in [9.17, 15) is 9.18 Å². The molecule has 0 saturated carbocycles. The van der Waals surface area contributed by atoms with E-state index >= 15 is 0 Å².